The van der Waals surface area contributed by atoms with Gasteiger partial charge in [-0.05, 0) is 43.4 Å². The largest absolute Gasteiger partial charge is 0.494 e. The van der Waals surface area contributed by atoms with Gasteiger partial charge in [0.1, 0.15) is 5.75 Å². The lowest BCUT2D eigenvalue weighted by molar-refractivity contribution is -0.120. The van der Waals surface area contributed by atoms with Crippen LogP contribution in [0.2, 0.25) is 0 Å². The van der Waals surface area contributed by atoms with Gasteiger partial charge in [0, 0.05) is 6.54 Å². The molecule has 1 aliphatic carbocycles. The molecule has 4 nitrogen and oxygen atoms in total. The van der Waals surface area contributed by atoms with Gasteiger partial charge in [-0.2, -0.15) is 0 Å². The lowest BCUT2D eigenvalue weighted by Gasteiger charge is -2.10. The molecule has 4 heteroatoms. The standard InChI is InChI=1S/C15H21NO3/c1-2-19-13-7-3-11(4-8-13)9-15(18)16-10-14(17)12-5-6-12/h3-4,7-8,12,14,17H,2,5-6,9-10H2,1H3,(H,16,18). The van der Waals surface area contributed by atoms with Crippen LogP contribution >= 0.6 is 0 Å². The Bertz CT molecular complexity index is 412. The van der Waals surface area contributed by atoms with E-state index in [0.29, 0.717) is 25.5 Å². The molecule has 0 spiro atoms. The third-order valence-electron chi connectivity index (χ3n) is 3.27. The molecule has 0 saturated heterocycles. The number of benzene rings is 1. The van der Waals surface area contributed by atoms with Crippen LogP contribution in [0, 0.1) is 5.92 Å². The van der Waals surface area contributed by atoms with Crippen LogP contribution in [0.1, 0.15) is 25.3 Å². The van der Waals surface area contributed by atoms with Crippen LogP contribution in [0.15, 0.2) is 24.3 Å². The van der Waals surface area contributed by atoms with Gasteiger partial charge in [-0.3, -0.25) is 4.79 Å². The minimum absolute atomic E-state index is 0.0520. The Kier molecular flexibility index (Phi) is 4.80. The first-order chi connectivity index (χ1) is 9.19. The number of carbonyl (C=O) groups excluding carboxylic acids is 1. The highest BCUT2D eigenvalue weighted by molar-refractivity contribution is 5.78. The fraction of sp³-hybridized carbons (Fsp3) is 0.533. The minimum atomic E-state index is -0.385. The van der Waals surface area contributed by atoms with Crippen molar-refractivity contribution in [1.29, 1.82) is 0 Å². The smallest absolute Gasteiger partial charge is 0.224 e. The van der Waals surface area contributed by atoms with Crippen LogP contribution in [0.25, 0.3) is 0 Å². The van der Waals surface area contributed by atoms with Gasteiger partial charge in [-0.25, -0.2) is 0 Å². The predicted molar refractivity (Wildman–Crippen MR) is 73.1 cm³/mol. The zero-order valence-corrected chi connectivity index (χ0v) is 11.3. The van der Waals surface area contributed by atoms with Crippen molar-refractivity contribution in [3.8, 4) is 5.75 Å². The second kappa shape index (κ2) is 6.57. The topological polar surface area (TPSA) is 58.6 Å². The van der Waals surface area contributed by atoms with Crippen molar-refractivity contribution in [2.45, 2.75) is 32.3 Å². The zero-order valence-electron chi connectivity index (χ0n) is 11.3. The molecule has 1 aromatic rings. The number of carbonyl (C=O) groups is 1. The first kappa shape index (κ1) is 13.9. The van der Waals surface area contributed by atoms with Crippen LogP contribution in [0.4, 0.5) is 0 Å². The monoisotopic (exact) mass is 263 g/mol. The Morgan fingerprint density at radius 2 is 2.11 bits per heavy atom. The summed E-state index contributed by atoms with van der Waals surface area (Å²) in [5, 5.41) is 12.4. The lowest BCUT2D eigenvalue weighted by atomic mass is 10.1. The molecule has 2 N–H and O–H groups in total. The second-order valence-corrected chi connectivity index (χ2v) is 4.96. The summed E-state index contributed by atoms with van der Waals surface area (Å²) in [7, 11) is 0. The van der Waals surface area contributed by atoms with Crippen molar-refractivity contribution in [2.75, 3.05) is 13.2 Å². The Morgan fingerprint density at radius 1 is 1.42 bits per heavy atom. The molecule has 0 aromatic heterocycles. The first-order valence-electron chi connectivity index (χ1n) is 6.85. The van der Waals surface area contributed by atoms with Crippen LogP contribution < -0.4 is 10.1 Å². The highest BCUT2D eigenvalue weighted by atomic mass is 16.5. The fourth-order valence-corrected chi connectivity index (χ4v) is 1.98. The summed E-state index contributed by atoms with van der Waals surface area (Å²) in [6, 6.07) is 7.51. The van der Waals surface area contributed by atoms with Crippen LogP contribution in [-0.2, 0) is 11.2 Å². The molecule has 1 atom stereocenters. The molecular formula is C15H21NO3. The number of hydrogen-bond donors (Lipinski definition) is 2. The van der Waals surface area contributed by atoms with Crippen LogP contribution in [-0.4, -0.2) is 30.3 Å². The van der Waals surface area contributed by atoms with Gasteiger partial charge in [0.05, 0.1) is 19.1 Å². The summed E-state index contributed by atoms with van der Waals surface area (Å²) >= 11 is 0. The van der Waals surface area contributed by atoms with Crippen molar-refractivity contribution in [2.24, 2.45) is 5.92 Å². The van der Waals surface area contributed by atoms with Crippen LogP contribution in [0.3, 0.4) is 0 Å². The van der Waals surface area contributed by atoms with Gasteiger partial charge < -0.3 is 15.2 Å². The predicted octanol–water partition coefficient (Wildman–Crippen LogP) is 1.51. The first-order valence-corrected chi connectivity index (χ1v) is 6.85. The van der Waals surface area contributed by atoms with E-state index in [-0.39, 0.29) is 12.0 Å². The van der Waals surface area contributed by atoms with E-state index in [2.05, 4.69) is 5.32 Å². The second-order valence-electron chi connectivity index (χ2n) is 4.96. The Labute approximate surface area is 113 Å². The maximum Gasteiger partial charge on any atom is 0.224 e. The van der Waals surface area contributed by atoms with E-state index in [1.54, 1.807) is 0 Å². The molecule has 1 aromatic carbocycles. The summed E-state index contributed by atoms with van der Waals surface area (Å²) in [5.41, 5.74) is 0.946. The molecule has 1 aliphatic rings. The minimum Gasteiger partial charge on any atom is -0.494 e. The van der Waals surface area contributed by atoms with Gasteiger partial charge in [0.2, 0.25) is 5.91 Å². The number of rotatable bonds is 7. The van der Waals surface area contributed by atoms with E-state index >= 15 is 0 Å². The molecule has 104 valence electrons. The van der Waals surface area contributed by atoms with E-state index in [1.165, 1.54) is 0 Å². The molecule has 1 unspecified atom stereocenters. The summed E-state index contributed by atoms with van der Waals surface area (Å²) < 4.78 is 5.34. The van der Waals surface area contributed by atoms with Gasteiger partial charge in [-0.15, -0.1) is 0 Å². The van der Waals surface area contributed by atoms with Crippen molar-refractivity contribution in [3.63, 3.8) is 0 Å². The van der Waals surface area contributed by atoms with Gasteiger partial charge in [0.25, 0.3) is 0 Å². The third-order valence-corrected chi connectivity index (χ3v) is 3.27. The molecule has 0 radical (unpaired) electrons. The molecule has 0 aliphatic heterocycles. The van der Waals surface area contributed by atoms with Crippen molar-refractivity contribution >= 4 is 5.91 Å². The molecule has 1 fully saturated rings. The molecule has 2 rings (SSSR count). The van der Waals surface area contributed by atoms with Crippen LogP contribution in [0.5, 0.6) is 5.75 Å². The SMILES string of the molecule is CCOc1ccc(CC(=O)NCC(O)C2CC2)cc1. The highest BCUT2D eigenvalue weighted by Crippen LogP contribution is 2.32. The summed E-state index contributed by atoms with van der Waals surface area (Å²) in [6.07, 6.45) is 2.11. The molecule has 1 amide bonds. The maximum atomic E-state index is 11.7. The van der Waals surface area contributed by atoms with E-state index in [0.717, 1.165) is 24.2 Å². The van der Waals surface area contributed by atoms with E-state index < -0.39 is 0 Å². The number of aliphatic hydroxyl groups is 1. The Morgan fingerprint density at radius 3 is 2.68 bits per heavy atom. The maximum absolute atomic E-state index is 11.7. The van der Waals surface area contributed by atoms with E-state index in [9.17, 15) is 9.90 Å². The Balaban J connectivity index is 1.74. The van der Waals surface area contributed by atoms with E-state index in [4.69, 9.17) is 4.74 Å². The van der Waals surface area contributed by atoms with Gasteiger partial charge in [-0.1, -0.05) is 12.1 Å². The molecule has 0 heterocycles. The summed E-state index contributed by atoms with van der Waals surface area (Å²) in [6.45, 7) is 2.94. The quantitative estimate of drug-likeness (QED) is 0.784. The number of ether oxygens (including phenoxy) is 1. The molecule has 1 saturated carbocycles. The average molecular weight is 263 g/mol. The molecular weight excluding hydrogens is 242 g/mol. The number of amides is 1. The number of aliphatic hydroxyl groups excluding tert-OH is 1. The molecule has 0 bridgehead atoms. The fourth-order valence-electron chi connectivity index (χ4n) is 1.98. The summed E-state index contributed by atoms with van der Waals surface area (Å²) in [4.78, 5) is 11.7. The number of nitrogens with one attached hydrogen (secondary N) is 1. The lowest BCUT2D eigenvalue weighted by Crippen LogP contribution is -2.34. The van der Waals surface area contributed by atoms with Gasteiger partial charge in [0.15, 0.2) is 0 Å². The highest BCUT2D eigenvalue weighted by Gasteiger charge is 2.29. The summed E-state index contributed by atoms with van der Waals surface area (Å²) in [5.74, 6) is 1.16. The van der Waals surface area contributed by atoms with Crippen molar-refractivity contribution in [1.82, 2.24) is 5.32 Å². The van der Waals surface area contributed by atoms with Gasteiger partial charge >= 0.3 is 0 Å². The molecule has 19 heavy (non-hydrogen) atoms. The average Bonchev–Trinajstić information content (AvgIpc) is 3.23. The van der Waals surface area contributed by atoms with Crippen molar-refractivity contribution < 1.29 is 14.6 Å². The number of hydrogen-bond acceptors (Lipinski definition) is 3. The third kappa shape index (κ3) is 4.56. The zero-order chi connectivity index (χ0) is 13.7. The van der Waals surface area contributed by atoms with E-state index in [1.807, 2.05) is 31.2 Å². The normalized spacial score (nSPS) is 15.9. The van der Waals surface area contributed by atoms with Crippen molar-refractivity contribution in [3.05, 3.63) is 29.8 Å². The Hall–Kier alpha value is -1.55.